The van der Waals surface area contributed by atoms with Gasteiger partial charge in [-0.3, -0.25) is 9.59 Å². The predicted octanol–water partition coefficient (Wildman–Crippen LogP) is 2.78. The molecule has 7 nitrogen and oxygen atoms in total. The summed E-state index contributed by atoms with van der Waals surface area (Å²) in [7, 11) is -3.71. The van der Waals surface area contributed by atoms with Crippen molar-refractivity contribution in [1.29, 1.82) is 0 Å². The van der Waals surface area contributed by atoms with Gasteiger partial charge in [0.25, 0.3) is 0 Å². The average molecular weight is 470 g/mol. The average Bonchev–Trinajstić information content (AvgIpc) is 2.78. The highest BCUT2D eigenvalue weighted by Gasteiger charge is 2.39. The van der Waals surface area contributed by atoms with E-state index in [0.717, 1.165) is 11.1 Å². The van der Waals surface area contributed by atoms with E-state index in [9.17, 15) is 18.0 Å². The van der Waals surface area contributed by atoms with Crippen LogP contribution in [-0.2, 0) is 32.6 Å². The van der Waals surface area contributed by atoms with E-state index in [1.165, 1.54) is 10.4 Å². The van der Waals surface area contributed by atoms with Crippen molar-refractivity contribution in [2.75, 3.05) is 0 Å². The van der Waals surface area contributed by atoms with Gasteiger partial charge in [0.2, 0.25) is 21.8 Å². The first-order chi connectivity index (χ1) is 15.7. The van der Waals surface area contributed by atoms with Crippen LogP contribution in [0, 0.1) is 0 Å². The van der Waals surface area contributed by atoms with Crippen molar-refractivity contribution in [3.05, 3.63) is 78.4 Å². The SMILES string of the molecule is C=CC(=O)NC1CC(C)N(S(=O)(=O)c2ccc(CC(=O)NCc3ccccc3)cc2)C(C)C1. The Balaban J connectivity index is 1.62. The third kappa shape index (κ3) is 6.30. The summed E-state index contributed by atoms with van der Waals surface area (Å²) in [4.78, 5) is 24.1. The first-order valence-electron chi connectivity index (χ1n) is 11.1. The van der Waals surface area contributed by atoms with Crippen LogP contribution in [0.25, 0.3) is 0 Å². The monoisotopic (exact) mass is 469 g/mol. The Morgan fingerprint density at radius 2 is 1.61 bits per heavy atom. The molecule has 0 radical (unpaired) electrons. The number of carbonyl (C=O) groups excluding carboxylic acids is 2. The van der Waals surface area contributed by atoms with Crippen molar-refractivity contribution in [1.82, 2.24) is 14.9 Å². The quantitative estimate of drug-likeness (QED) is 0.581. The van der Waals surface area contributed by atoms with E-state index in [4.69, 9.17) is 0 Å². The number of hydrogen-bond acceptors (Lipinski definition) is 4. The second kappa shape index (κ2) is 10.8. The third-order valence-electron chi connectivity index (χ3n) is 5.85. The number of sulfonamides is 1. The first kappa shape index (κ1) is 24.7. The lowest BCUT2D eigenvalue weighted by molar-refractivity contribution is -0.120. The summed E-state index contributed by atoms with van der Waals surface area (Å²) in [6.45, 7) is 7.62. The molecule has 2 aromatic rings. The summed E-state index contributed by atoms with van der Waals surface area (Å²) in [6, 6.07) is 15.5. The molecule has 2 atom stereocenters. The molecule has 0 aromatic heterocycles. The van der Waals surface area contributed by atoms with Gasteiger partial charge < -0.3 is 10.6 Å². The first-order valence-corrected chi connectivity index (χ1v) is 12.5. The number of benzene rings is 2. The van der Waals surface area contributed by atoms with E-state index in [1.807, 2.05) is 44.2 Å². The lowest BCUT2D eigenvalue weighted by atomic mass is 9.95. The van der Waals surface area contributed by atoms with Crippen LogP contribution in [-0.4, -0.2) is 42.7 Å². The van der Waals surface area contributed by atoms with Crippen molar-refractivity contribution in [3.8, 4) is 0 Å². The van der Waals surface area contributed by atoms with Crippen LogP contribution in [0.1, 0.15) is 37.8 Å². The molecule has 1 saturated heterocycles. The third-order valence-corrected chi connectivity index (χ3v) is 7.99. The molecule has 2 amide bonds. The fourth-order valence-electron chi connectivity index (χ4n) is 4.36. The molecule has 1 aliphatic rings. The molecule has 33 heavy (non-hydrogen) atoms. The molecule has 176 valence electrons. The molecular formula is C25H31N3O4S. The number of amides is 2. The van der Waals surface area contributed by atoms with Gasteiger partial charge in [-0.05, 0) is 56.0 Å². The molecule has 0 saturated carbocycles. The maximum Gasteiger partial charge on any atom is 0.243 e. The summed E-state index contributed by atoms with van der Waals surface area (Å²) >= 11 is 0. The Kier molecular flexibility index (Phi) is 8.05. The molecule has 2 N–H and O–H groups in total. The number of nitrogens with one attached hydrogen (secondary N) is 2. The van der Waals surface area contributed by atoms with Gasteiger partial charge in [-0.25, -0.2) is 8.42 Å². The van der Waals surface area contributed by atoms with Crippen LogP contribution in [0.5, 0.6) is 0 Å². The Labute approximate surface area is 195 Å². The molecule has 1 heterocycles. The van der Waals surface area contributed by atoms with Crippen LogP contribution >= 0.6 is 0 Å². The van der Waals surface area contributed by atoms with Crippen LogP contribution in [0.3, 0.4) is 0 Å². The van der Waals surface area contributed by atoms with E-state index in [0.29, 0.717) is 19.4 Å². The van der Waals surface area contributed by atoms with E-state index >= 15 is 0 Å². The zero-order chi connectivity index (χ0) is 24.0. The topological polar surface area (TPSA) is 95.6 Å². The van der Waals surface area contributed by atoms with Gasteiger partial charge in [-0.2, -0.15) is 4.31 Å². The highest BCUT2D eigenvalue weighted by molar-refractivity contribution is 7.89. The fraction of sp³-hybridized carbons (Fsp3) is 0.360. The van der Waals surface area contributed by atoms with Crippen LogP contribution < -0.4 is 10.6 Å². The maximum atomic E-state index is 13.3. The molecule has 1 aliphatic heterocycles. The molecular weight excluding hydrogens is 438 g/mol. The lowest BCUT2D eigenvalue weighted by Crippen LogP contribution is -2.54. The summed E-state index contributed by atoms with van der Waals surface area (Å²) in [5, 5.41) is 5.75. The molecule has 0 spiro atoms. The molecule has 2 aromatic carbocycles. The van der Waals surface area contributed by atoms with Crippen molar-refractivity contribution in [3.63, 3.8) is 0 Å². The van der Waals surface area contributed by atoms with Gasteiger partial charge in [0, 0.05) is 24.7 Å². The van der Waals surface area contributed by atoms with E-state index in [-0.39, 0.29) is 41.3 Å². The minimum absolute atomic E-state index is 0.0938. The standard InChI is InChI=1S/C25H31N3O4S/c1-4-24(29)27-22-14-18(2)28(19(3)15-22)33(31,32)23-12-10-20(11-13-23)16-25(30)26-17-21-8-6-5-7-9-21/h4-13,18-19,22H,1,14-17H2,2-3H3,(H,26,30)(H,27,29). The number of nitrogens with zero attached hydrogens (tertiary/aromatic N) is 1. The summed E-state index contributed by atoms with van der Waals surface area (Å²) in [5.74, 6) is -0.376. The van der Waals surface area contributed by atoms with E-state index in [1.54, 1.807) is 24.3 Å². The zero-order valence-electron chi connectivity index (χ0n) is 19.0. The molecule has 2 unspecified atom stereocenters. The van der Waals surface area contributed by atoms with Gasteiger partial charge in [0.05, 0.1) is 11.3 Å². The van der Waals surface area contributed by atoms with Crippen molar-refractivity contribution < 1.29 is 18.0 Å². The normalized spacial score (nSPS) is 21.2. The Hall–Kier alpha value is -2.97. The van der Waals surface area contributed by atoms with Gasteiger partial charge >= 0.3 is 0 Å². The number of rotatable bonds is 8. The minimum Gasteiger partial charge on any atom is -0.352 e. The van der Waals surface area contributed by atoms with Gasteiger partial charge in [-0.15, -0.1) is 0 Å². The molecule has 8 heteroatoms. The Bertz CT molecular complexity index is 1070. The fourth-order valence-corrected chi connectivity index (χ4v) is 6.20. The largest absolute Gasteiger partial charge is 0.352 e. The minimum atomic E-state index is -3.71. The predicted molar refractivity (Wildman–Crippen MR) is 128 cm³/mol. The summed E-state index contributed by atoms with van der Waals surface area (Å²) in [5.41, 5.74) is 1.76. The summed E-state index contributed by atoms with van der Waals surface area (Å²) < 4.78 is 28.2. The zero-order valence-corrected chi connectivity index (χ0v) is 19.8. The number of carbonyl (C=O) groups is 2. The van der Waals surface area contributed by atoms with Crippen LogP contribution in [0.2, 0.25) is 0 Å². The highest BCUT2D eigenvalue weighted by atomic mass is 32.2. The number of hydrogen-bond donors (Lipinski definition) is 2. The Morgan fingerprint density at radius 1 is 1.00 bits per heavy atom. The number of piperidine rings is 1. The molecule has 0 bridgehead atoms. The highest BCUT2D eigenvalue weighted by Crippen LogP contribution is 2.30. The summed E-state index contributed by atoms with van der Waals surface area (Å²) in [6.07, 6.45) is 2.46. The lowest BCUT2D eigenvalue weighted by Gasteiger charge is -2.41. The van der Waals surface area contributed by atoms with E-state index < -0.39 is 10.0 Å². The van der Waals surface area contributed by atoms with Crippen molar-refractivity contribution in [2.45, 2.75) is 62.7 Å². The molecule has 3 rings (SSSR count). The smallest absolute Gasteiger partial charge is 0.243 e. The van der Waals surface area contributed by atoms with E-state index in [2.05, 4.69) is 17.2 Å². The Morgan fingerprint density at radius 3 is 2.18 bits per heavy atom. The van der Waals surface area contributed by atoms with Gasteiger partial charge in [-0.1, -0.05) is 49.0 Å². The van der Waals surface area contributed by atoms with Crippen LogP contribution in [0.15, 0.2) is 72.1 Å². The van der Waals surface area contributed by atoms with Gasteiger partial charge in [0.15, 0.2) is 0 Å². The van der Waals surface area contributed by atoms with Crippen molar-refractivity contribution >= 4 is 21.8 Å². The second-order valence-corrected chi connectivity index (χ2v) is 10.3. The van der Waals surface area contributed by atoms with Crippen molar-refractivity contribution in [2.24, 2.45) is 0 Å². The van der Waals surface area contributed by atoms with Gasteiger partial charge in [0.1, 0.15) is 0 Å². The molecule has 1 fully saturated rings. The second-order valence-electron chi connectivity index (χ2n) is 8.50. The molecule has 0 aliphatic carbocycles. The maximum absolute atomic E-state index is 13.3. The van der Waals surface area contributed by atoms with Crippen LogP contribution in [0.4, 0.5) is 0 Å².